The van der Waals surface area contributed by atoms with Crippen LogP contribution < -0.4 is 15.0 Å². The third kappa shape index (κ3) is 4.18. The van der Waals surface area contributed by atoms with Crippen LogP contribution in [0, 0.1) is 20.8 Å². The Morgan fingerprint density at radius 2 is 1.97 bits per heavy atom. The molecule has 0 bridgehead atoms. The van der Waals surface area contributed by atoms with Crippen LogP contribution in [0.15, 0.2) is 36.4 Å². The second-order valence-electron chi connectivity index (χ2n) is 7.74. The van der Waals surface area contributed by atoms with Crippen LogP contribution in [0.25, 0.3) is 10.6 Å². The minimum atomic E-state index is -0.213. The lowest BCUT2D eigenvalue weighted by Gasteiger charge is -2.20. The highest BCUT2D eigenvalue weighted by Gasteiger charge is 2.25. The zero-order chi connectivity index (χ0) is 22.1. The summed E-state index contributed by atoms with van der Waals surface area (Å²) in [4.78, 5) is 32.1. The Morgan fingerprint density at radius 1 is 1.16 bits per heavy atom. The highest BCUT2D eigenvalue weighted by atomic mass is 32.1. The lowest BCUT2D eigenvalue weighted by atomic mass is 10.1. The fourth-order valence-corrected chi connectivity index (χ4v) is 4.90. The third-order valence-corrected chi connectivity index (χ3v) is 6.61. The van der Waals surface area contributed by atoms with Crippen molar-refractivity contribution >= 4 is 34.5 Å². The second-order valence-corrected chi connectivity index (χ2v) is 8.74. The number of methoxy groups -OCH3 is 1. The molecule has 31 heavy (non-hydrogen) atoms. The summed E-state index contributed by atoms with van der Waals surface area (Å²) >= 11 is 1.39. The number of ether oxygens (including phenoxy) is 1. The second kappa shape index (κ2) is 8.51. The van der Waals surface area contributed by atoms with Gasteiger partial charge in [0.25, 0.3) is 5.91 Å². The van der Waals surface area contributed by atoms with E-state index >= 15 is 0 Å². The Morgan fingerprint density at radius 3 is 2.65 bits per heavy atom. The van der Waals surface area contributed by atoms with Crippen molar-refractivity contribution in [3.05, 3.63) is 58.1 Å². The highest BCUT2D eigenvalue weighted by molar-refractivity contribution is 7.17. The predicted octanol–water partition coefficient (Wildman–Crippen LogP) is 5.12. The van der Waals surface area contributed by atoms with Crippen LogP contribution in [0.3, 0.4) is 0 Å². The van der Waals surface area contributed by atoms with Crippen molar-refractivity contribution in [3.8, 4) is 16.3 Å². The van der Waals surface area contributed by atoms with E-state index in [4.69, 9.17) is 4.74 Å². The van der Waals surface area contributed by atoms with E-state index in [0.29, 0.717) is 40.7 Å². The first-order chi connectivity index (χ1) is 14.9. The number of aromatic nitrogens is 1. The number of carbonyl (C=O) groups is 2. The van der Waals surface area contributed by atoms with Crippen LogP contribution >= 0.6 is 11.3 Å². The number of nitrogens with one attached hydrogen (secondary N) is 1. The molecule has 0 saturated carbocycles. The molecule has 0 radical (unpaired) electrons. The van der Waals surface area contributed by atoms with E-state index < -0.39 is 0 Å². The molecule has 4 rings (SSSR count). The largest absolute Gasteiger partial charge is 0.495 e. The van der Waals surface area contributed by atoms with E-state index in [1.54, 1.807) is 30.2 Å². The maximum Gasteiger partial charge on any atom is 0.267 e. The zero-order valence-corrected chi connectivity index (χ0v) is 18.9. The van der Waals surface area contributed by atoms with Crippen LogP contribution in [0.2, 0.25) is 0 Å². The molecule has 1 fully saturated rings. The molecule has 2 heterocycles. The Balaban J connectivity index is 1.60. The van der Waals surface area contributed by atoms with Gasteiger partial charge in [0.15, 0.2) is 0 Å². The van der Waals surface area contributed by atoms with Crippen LogP contribution in [0.1, 0.15) is 39.3 Å². The molecule has 6 nitrogen and oxygen atoms in total. The molecule has 1 aromatic heterocycles. The van der Waals surface area contributed by atoms with E-state index in [0.717, 1.165) is 22.6 Å². The summed E-state index contributed by atoms with van der Waals surface area (Å²) in [6.07, 6.45) is 1.35. The summed E-state index contributed by atoms with van der Waals surface area (Å²) in [6, 6.07) is 11.6. The summed E-state index contributed by atoms with van der Waals surface area (Å²) in [5.41, 5.74) is 5.36. The normalized spacial score (nSPS) is 13.5. The molecule has 1 saturated heterocycles. The van der Waals surface area contributed by atoms with Crippen molar-refractivity contribution in [1.82, 2.24) is 4.98 Å². The number of aryl methyl sites for hydroxylation is 3. The van der Waals surface area contributed by atoms with Crippen LogP contribution in [0.4, 0.5) is 11.4 Å². The molecule has 0 unspecified atom stereocenters. The summed E-state index contributed by atoms with van der Waals surface area (Å²) < 4.78 is 5.43. The van der Waals surface area contributed by atoms with E-state index in [2.05, 4.69) is 36.3 Å². The van der Waals surface area contributed by atoms with Gasteiger partial charge in [-0.15, -0.1) is 11.3 Å². The fourth-order valence-electron chi connectivity index (χ4n) is 3.85. The first-order valence-electron chi connectivity index (χ1n) is 10.2. The minimum Gasteiger partial charge on any atom is -0.495 e. The Hall–Kier alpha value is -3.19. The van der Waals surface area contributed by atoms with Crippen molar-refractivity contribution in [2.45, 2.75) is 33.6 Å². The maximum absolute atomic E-state index is 13.0. The number of anilines is 2. The molecular formula is C24H25N3O3S. The van der Waals surface area contributed by atoms with Gasteiger partial charge in [-0.05, 0) is 51.0 Å². The number of nitrogens with zero attached hydrogens (tertiary/aromatic N) is 2. The average molecular weight is 436 g/mol. The first kappa shape index (κ1) is 21.1. The molecule has 2 amide bonds. The number of hydrogen-bond acceptors (Lipinski definition) is 5. The molecule has 0 spiro atoms. The lowest BCUT2D eigenvalue weighted by Crippen LogP contribution is -2.24. The van der Waals surface area contributed by atoms with Gasteiger partial charge in [-0.25, -0.2) is 4.98 Å². The van der Waals surface area contributed by atoms with Crippen LogP contribution in [-0.2, 0) is 4.79 Å². The van der Waals surface area contributed by atoms with E-state index in [1.807, 2.05) is 13.0 Å². The number of rotatable bonds is 5. The van der Waals surface area contributed by atoms with Crippen LogP contribution in [0.5, 0.6) is 5.75 Å². The fraction of sp³-hybridized carbons (Fsp3) is 0.292. The van der Waals surface area contributed by atoms with Gasteiger partial charge in [-0.3, -0.25) is 9.59 Å². The lowest BCUT2D eigenvalue weighted by molar-refractivity contribution is -0.117. The quantitative estimate of drug-likeness (QED) is 0.604. The monoisotopic (exact) mass is 435 g/mol. The zero-order valence-electron chi connectivity index (χ0n) is 18.1. The number of thiazole rings is 1. The van der Waals surface area contributed by atoms with Crippen molar-refractivity contribution in [3.63, 3.8) is 0 Å². The SMILES string of the molecule is COc1ccc(NC(=O)c2sc(-c3ccc(C)cc3C)nc2C)cc1N1CCCC1=O. The van der Waals surface area contributed by atoms with Crippen molar-refractivity contribution < 1.29 is 14.3 Å². The molecule has 1 aliphatic rings. The van der Waals surface area contributed by atoms with Crippen molar-refractivity contribution in [1.29, 1.82) is 0 Å². The molecule has 0 atom stereocenters. The topological polar surface area (TPSA) is 71.5 Å². The average Bonchev–Trinajstić information content (AvgIpc) is 3.33. The van der Waals surface area contributed by atoms with E-state index in [9.17, 15) is 9.59 Å². The van der Waals surface area contributed by atoms with E-state index in [-0.39, 0.29) is 11.8 Å². The molecule has 0 aliphatic carbocycles. The molecule has 1 aliphatic heterocycles. The van der Waals surface area contributed by atoms with E-state index in [1.165, 1.54) is 16.9 Å². The molecule has 7 heteroatoms. The minimum absolute atomic E-state index is 0.0678. The smallest absolute Gasteiger partial charge is 0.267 e. The summed E-state index contributed by atoms with van der Waals surface area (Å²) in [6.45, 7) is 6.61. The number of amides is 2. The Labute approximate surface area is 185 Å². The molecule has 2 aromatic carbocycles. The number of hydrogen-bond donors (Lipinski definition) is 1. The molecule has 160 valence electrons. The summed E-state index contributed by atoms with van der Waals surface area (Å²) in [5, 5.41) is 3.79. The van der Waals surface area contributed by atoms with Gasteiger partial charge in [0.2, 0.25) is 5.91 Å². The van der Waals surface area contributed by atoms with Gasteiger partial charge >= 0.3 is 0 Å². The number of carbonyl (C=O) groups excluding carboxylic acids is 2. The summed E-state index contributed by atoms with van der Waals surface area (Å²) in [5.74, 6) is 0.465. The standard InChI is InChI=1S/C24H25N3O3S/c1-14-7-9-18(15(2)12-14)24-25-16(3)22(31-24)23(29)26-17-8-10-20(30-4)19(13-17)27-11-5-6-21(27)28/h7-10,12-13H,5-6,11H2,1-4H3,(H,26,29). The first-order valence-corrected chi connectivity index (χ1v) is 11.0. The van der Waals surface area contributed by atoms with Gasteiger partial charge in [0.1, 0.15) is 15.6 Å². The Kier molecular flexibility index (Phi) is 5.78. The van der Waals surface area contributed by atoms with Crippen molar-refractivity contribution in [2.24, 2.45) is 0 Å². The number of benzene rings is 2. The predicted molar refractivity (Wildman–Crippen MR) is 124 cm³/mol. The summed E-state index contributed by atoms with van der Waals surface area (Å²) in [7, 11) is 1.58. The van der Waals surface area contributed by atoms with Gasteiger partial charge < -0.3 is 15.0 Å². The van der Waals surface area contributed by atoms with Gasteiger partial charge in [0.05, 0.1) is 18.5 Å². The van der Waals surface area contributed by atoms with Gasteiger partial charge in [-0.2, -0.15) is 0 Å². The van der Waals surface area contributed by atoms with Gasteiger partial charge in [-0.1, -0.05) is 23.8 Å². The third-order valence-electron chi connectivity index (χ3n) is 5.42. The van der Waals surface area contributed by atoms with Gasteiger partial charge in [0, 0.05) is 24.2 Å². The highest BCUT2D eigenvalue weighted by Crippen LogP contribution is 2.35. The van der Waals surface area contributed by atoms with Crippen LogP contribution in [-0.4, -0.2) is 30.5 Å². The molecular weight excluding hydrogens is 410 g/mol. The molecule has 3 aromatic rings. The Bertz CT molecular complexity index is 1170. The molecule has 1 N–H and O–H groups in total. The van der Waals surface area contributed by atoms with Crippen molar-refractivity contribution in [2.75, 3.05) is 23.9 Å². The maximum atomic E-state index is 13.0.